The standard InChI is InChI=1S/C16H20ClN3O3S2/c1-4-11(15(21)18-5-2)13-9-19-16(24-13)20-25(22,23)14-8-6-7-12(17)10(14)3/h6-9,11H,4-5H2,1-3H3,(H,18,21)(H,19,20). The van der Waals surface area contributed by atoms with Gasteiger partial charge in [-0.2, -0.15) is 0 Å². The zero-order valence-electron chi connectivity index (χ0n) is 14.2. The van der Waals surface area contributed by atoms with E-state index in [1.54, 1.807) is 19.1 Å². The second-order valence-corrected chi connectivity index (χ2v) is 8.51. The third kappa shape index (κ3) is 4.50. The van der Waals surface area contributed by atoms with E-state index in [2.05, 4.69) is 15.0 Å². The molecule has 2 N–H and O–H groups in total. The SMILES string of the molecule is CCNC(=O)C(CC)c1cnc(NS(=O)(=O)c2cccc(Cl)c2C)s1. The van der Waals surface area contributed by atoms with Gasteiger partial charge in [0.05, 0.1) is 10.8 Å². The minimum absolute atomic E-state index is 0.0891. The van der Waals surface area contributed by atoms with Crippen molar-refractivity contribution >= 4 is 44.0 Å². The van der Waals surface area contributed by atoms with E-state index in [1.807, 2.05) is 13.8 Å². The molecule has 6 nitrogen and oxygen atoms in total. The van der Waals surface area contributed by atoms with E-state index in [4.69, 9.17) is 11.6 Å². The van der Waals surface area contributed by atoms with E-state index in [0.29, 0.717) is 28.4 Å². The molecule has 1 unspecified atom stereocenters. The largest absolute Gasteiger partial charge is 0.356 e. The van der Waals surface area contributed by atoms with Crippen LogP contribution < -0.4 is 10.0 Å². The molecule has 1 heterocycles. The molecule has 2 rings (SSSR count). The Labute approximate surface area is 156 Å². The van der Waals surface area contributed by atoms with Crippen LogP contribution in [0.2, 0.25) is 5.02 Å². The fourth-order valence-corrected chi connectivity index (χ4v) is 5.10. The smallest absolute Gasteiger partial charge is 0.263 e. The maximum absolute atomic E-state index is 12.6. The lowest BCUT2D eigenvalue weighted by molar-refractivity contribution is -0.122. The minimum atomic E-state index is -3.80. The Hall–Kier alpha value is -1.64. The zero-order valence-corrected chi connectivity index (χ0v) is 16.6. The van der Waals surface area contributed by atoms with Crippen molar-refractivity contribution in [3.05, 3.63) is 39.9 Å². The first-order valence-corrected chi connectivity index (χ1v) is 10.5. The average Bonchev–Trinajstić information content (AvgIpc) is 2.98. The van der Waals surface area contributed by atoms with Crippen LogP contribution in [0.5, 0.6) is 0 Å². The first-order valence-electron chi connectivity index (χ1n) is 7.81. The second-order valence-electron chi connectivity index (χ2n) is 5.39. The first kappa shape index (κ1) is 19.7. The fraction of sp³-hybridized carbons (Fsp3) is 0.375. The van der Waals surface area contributed by atoms with Gasteiger partial charge in [0, 0.05) is 22.6 Å². The number of thiazole rings is 1. The highest BCUT2D eigenvalue weighted by Crippen LogP contribution is 2.31. The Morgan fingerprint density at radius 1 is 1.36 bits per heavy atom. The van der Waals surface area contributed by atoms with Crippen LogP contribution in [0, 0.1) is 6.92 Å². The van der Waals surface area contributed by atoms with Gasteiger partial charge in [0.1, 0.15) is 0 Å². The molecule has 0 saturated heterocycles. The number of sulfonamides is 1. The topological polar surface area (TPSA) is 88.2 Å². The monoisotopic (exact) mass is 401 g/mol. The molecular weight excluding hydrogens is 382 g/mol. The average molecular weight is 402 g/mol. The fourth-order valence-electron chi connectivity index (χ4n) is 2.36. The molecule has 25 heavy (non-hydrogen) atoms. The number of aromatic nitrogens is 1. The van der Waals surface area contributed by atoms with Gasteiger partial charge in [0.15, 0.2) is 5.13 Å². The molecule has 0 spiro atoms. The lowest BCUT2D eigenvalue weighted by Gasteiger charge is -2.11. The van der Waals surface area contributed by atoms with Crippen LogP contribution in [-0.4, -0.2) is 25.9 Å². The van der Waals surface area contributed by atoms with Gasteiger partial charge in [-0.1, -0.05) is 24.6 Å². The van der Waals surface area contributed by atoms with E-state index >= 15 is 0 Å². The van der Waals surface area contributed by atoms with Crippen molar-refractivity contribution in [2.75, 3.05) is 11.3 Å². The summed E-state index contributed by atoms with van der Waals surface area (Å²) in [7, 11) is -3.80. The van der Waals surface area contributed by atoms with Gasteiger partial charge >= 0.3 is 0 Å². The lowest BCUT2D eigenvalue weighted by Crippen LogP contribution is -2.28. The zero-order chi connectivity index (χ0) is 18.6. The number of likely N-dealkylation sites (N-methyl/N-ethyl adjacent to an activating group) is 1. The summed E-state index contributed by atoms with van der Waals surface area (Å²) >= 11 is 7.16. The molecule has 1 amide bonds. The summed E-state index contributed by atoms with van der Waals surface area (Å²) in [5, 5.41) is 3.38. The van der Waals surface area contributed by atoms with Gasteiger partial charge in [-0.3, -0.25) is 9.52 Å². The molecule has 0 aliphatic carbocycles. The van der Waals surface area contributed by atoms with Crippen LogP contribution in [0.3, 0.4) is 0 Å². The van der Waals surface area contributed by atoms with Gasteiger partial charge in [-0.25, -0.2) is 13.4 Å². The summed E-state index contributed by atoms with van der Waals surface area (Å²) in [5.41, 5.74) is 0.474. The number of nitrogens with zero attached hydrogens (tertiary/aromatic N) is 1. The molecule has 2 aromatic rings. The summed E-state index contributed by atoms with van der Waals surface area (Å²) < 4.78 is 27.6. The van der Waals surface area contributed by atoms with Crippen LogP contribution in [0.25, 0.3) is 0 Å². The van der Waals surface area contributed by atoms with Crippen molar-refractivity contribution in [1.29, 1.82) is 0 Å². The van der Waals surface area contributed by atoms with Gasteiger partial charge in [-0.05, 0) is 38.0 Å². The Kier molecular flexibility index (Phi) is 6.42. The lowest BCUT2D eigenvalue weighted by atomic mass is 10.0. The maximum atomic E-state index is 12.6. The quantitative estimate of drug-likeness (QED) is 0.742. The predicted octanol–water partition coefficient (Wildman–Crippen LogP) is 3.54. The normalized spacial score (nSPS) is 12.6. The summed E-state index contributed by atoms with van der Waals surface area (Å²) in [4.78, 5) is 17.0. The first-order chi connectivity index (χ1) is 11.8. The molecule has 1 atom stereocenters. The van der Waals surface area contributed by atoms with Crippen LogP contribution in [0.15, 0.2) is 29.3 Å². The van der Waals surface area contributed by atoms with Crippen LogP contribution >= 0.6 is 22.9 Å². The molecule has 0 fully saturated rings. The maximum Gasteiger partial charge on any atom is 0.263 e. The van der Waals surface area contributed by atoms with Crippen LogP contribution in [-0.2, 0) is 14.8 Å². The molecule has 136 valence electrons. The molecule has 1 aromatic heterocycles. The van der Waals surface area contributed by atoms with Gasteiger partial charge in [-0.15, -0.1) is 11.3 Å². The number of hydrogen-bond acceptors (Lipinski definition) is 5. The second kappa shape index (κ2) is 8.16. The number of benzene rings is 1. The minimum Gasteiger partial charge on any atom is -0.356 e. The molecule has 0 aliphatic heterocycles. The highest BCUT2D eigenvalue weighted by Gasteiger charge is 2.23. The number of halogens is 1. The highest BCUT2D eigenvalue weighted by atomic mass is 35.5. The molecular formula is C16H20ClN3O3S2. The summed E-state index contributed by atoms with van der Waals surface area (Å²) in [6, 6.07) is 4.70. The number of carbonyl (C=O) groups excluding carboxylic acids is 1. The number of amides is 1. The Balaban J connectivity index is 2.25. The van der Waals surface area contributed by atoms with Crippen molar-refractivity contribution in [2.45, 2.75) is 38.0 Å². The molecule has 9 heteroatoms. The number of hydrogen-bond donors (Lipinski definition) is 2. The number of rotatable bonds is 7. The molecule has 0 aliphatic rings. The third-order valence-corrected chi connectivity index (χ3v) is 6.72. The Morgan fingerprint density at radius 2 is 2.08 bits per heavy atom. The molecule has 0 bridgehead atoms. The van der Waals surface area contributed by atoms with Crippen molar-refractivity contribution < 1.29 is 13.2 Å². The molecule has 0 radical (unpaired) electrons. The van der Waals surface area contributed by atoms with Crippen molar-refractivity contribution in [3.63, 3.8) is 0 Å². The van der Waals surface area contributed by atoms with E-state index in [9.17, 15) is 13.2 Å². The summed E-state index contributed by atoms with van der Waals surface area (Å²) in [5.74, 6) is -0.433. The summed E-state index contributed by atoms with van der Waals surface area (Å²) in [6.45, 7) is 5.94. The van der Waals surface area contributed by atoms with Crippen molar-refractivity contribution in [3.8, 4) is 0 Å². The number of nitrogens with one attached hydrogen (secondary N) is 2. The highest BCUT2D eigenvalue weighted by molar-refractivity contribution is 7.93. The van der Waals surface area contributed by atoms with E-state index in [-0.39, 0.29) is 21.9 Å². The van der Waals surface area contributed by atoms with Gasteiger partial charge in [0.25, 0.3) is 10.0 Å². The van der Waals surface area contributed by atoms with Crippen molar-refractivity contribution in [2.24, 2.45) is 0 Å². The van der Waals surface area contributed by atoms with E-state index < -0.39 is 10.0 Å². The summed E-state index contributed by atoms with van der Waals surface area (Å²) in [6.07, 6.45) is 2.14. The van der Waals surface area contributed by atoms with Crippen LogP contribution in [0.1, 0.15) is 36.6 Å². The predicted molar refractivity (Wildman–Crippen MR) is 101 cm³/mol. The van der Waals surface area contributed by atoms with Gasteiger partial charge < -0.3 is 5.32 Å². The Bertz CT molecular complexity index is 865. The van der Waals surface area contributed by atoms with E-state index in [1.165, 1.54) is 12.3 Å². The number of anilines is 1. The third-order valence-electron chi connectivity index (χ3n) is 3.67. The number of carbonyl (C=O) groups is 1. The molecule has 0 saturated carbocycles. The molecule has 1 aromatic carbocycles. The Morgan fingerprint density at radius 3 is 2.72 bits per heavy atom. The van der Waals surface area contributed by atoms with Crippen LogP contribution in [0.4, 0.5) is 5.13 Å². The van der Waals surface area contributed by atoms with E-state index in [0.717, 1.165) is 11.3 Å². The van der Waals surface area contributed by atoms with Gasteiger partial charge in [0.2, 0.25) is 5.91 Å². The van der Waals surface area contributed by atoms with Crippen molar-refractivity contribution in [1.82, 2.24) is 10.3 Å².